The van der Waals surface area contributed by atoms with Crippen molar-refractivity contribution in [3.05, 3.63) is 48.6 Å². The Morgan fingerprint density at radius 3 is 1.41 bits per heavy atom. The molecule has 3 unspecified atom stereocenters. The Morgan fingerprint density at radius 1 is 0.549 bits per heavy atom. The second-order valence-corrected chi connectivity index (χ2v) is 17.0. The third-order valence-corrected chi connectivity index (χ3v) is 12.0. The summed E-state index contributed by atoms with van der Waals surface area (Å²) in [5, 5.41) is 11.7. The van der Waals surface area contributed by atoms with E-state index in [1.807, 2.05) is 0 Å². The van der Waals surface area contributed by atoms with Crippen molar-refractivity contribution in [1.29, 1.82) is 0 Å². The number of hydrogen-bond acceptors (Lipinski definition) is 3. The summed E-state index contributed by atoms with van der Waals surface area (Å²) in [6, 6.07) is 0.598. The fourth-order valence-electron chi connectivity index (χ4n) is 8.66. The molecule has 296 valence electrons. The molecule has 0 aliphatic heterocycles. The molecule has 0 saturated heterocycles. The van der Waals surface area contributed by atoms with E-state index in [2.05, 4.69) is 81.5 Å². The molecule has 0 radical (unpaired) electrons. The van der Waals surface area contributed by atoms with Crippen LogP contribution in [0.15, 0.2) is 48.6 Å². The van der Waals surface area contributed by atoms with Crippen LogP contribution in [0.3, 0.4) is 0 Å². The molecule has 0 aromatic carbocycles. The van der Waals surface area contributed by atoms with Crippen molar-refractivity contribution in [3.8, 4) is 0 Å². The van der Waals surface area contributed by atoms with Gasteiger partial charge in [-0.3, -0.25) is 0 Å². The highest BCUT2D eigenvalue weighted by Gasteiger charge is 2.48. The molecule has 0 aromatic heterocycles. The fourth-order valence-corrected chi connectivity index (χ4v) is 8.66. The van der Waals surface area contributed by atoms with Crippen LogP contribution in [0.25, 0.3) is 0 Å². The predicted octanol–water partition coefficient (Wildman–Crippen LogP) is 14.8. The highest BCUT2D eigenvalue weighted by Crippen LogP contribution is 2.52. The van der Waals surface area contributed by atoms with Crippen LogP contribution >= 0.6 is 0 Å². The molecule has 0 spiro atoms. The Balaban J connectivity index is 1.65. The zero-order valence-corrected chi connectivity index (χ0v) is 34.7. The van der Waals surface area contributed by atoms with Gasteiger partial charge in [-0.05, 0) is 122 Å². The van der Waals surface area contributed by atoms with Gasteiger partial charge in [-0.25, -0.2) is 0 Å². The number of nitrogens with zero attached hydrogens (tertiary/aromatic N) is 1. The summed E-state index contributed by atoms with van der Waals surface area (Å²) in [4.78, 5) is 2.34. The highest BCUT2D eigenvalue weighted by atomic mass is 16.6. The molecular formula is C48H87NO2. The number of unbranched alkanes of at least 4 members (excludes halogenated alkanes) is 18. The van der Waals surface area contributed by atoms with E-state index in [4.69, 9.17) is 4.74 Å². The van der Waals surface area contributed by atoms with E-state index < -0.39 is 5.79 Å². The highest BCUT2D eigenvalue weighted by molar-refractivity contribution is 4.96. The predicted molar refractivity (Wildman–Crippen MR) is 225 cm³/mol. The second kappa shape index (κ2) is 30.2. The SMILES string of the molecule is CCCCC/C=C\C/C=C\CCCCCCCCC1(CCCCCCCC/C=C\C/C=C\CCCCC)CCC(O)(OC2CCC(N(C)C)C2)C1. The molecule has 51 heavy (non-hydrogen) atoms. The second-order valence-electron chi connectivity index (χ2n) is 17.0. The first-order chi connectivity index (χ1) is 24.9. The zero-order chi connectivity index (χ0) is 36.7. The maximum absolute atomic E-state index is 11.7. The summed E-state index contributed by atoms with van der Waals surface area (Å²) < 4.78 is 6.57. The van der Waals surface area contributed by atoms with Gasteiger partial charge in [0.1, 0.15) is 0 Å². The number of aliphatic hydroxyl groups is 1. The normalized spacial score (nSPS) is 22.4. The maximum Gasteiger partial charge on any atom is 0.166 e. The molecule has 3 heteroatoms. The average molecular weight is 710 g/mol. The molecule has 0 bridgehead atoms. The number of rotatable bonds is 33. The molecule has 2 saturated carbocycles. The molecule has 2 fully saturated rings. The molecule has 1 N–H and O–H groups in total. The average Bonchev–Trinajstić information content (AvgIpc) is 3.72. The van der Waals surface area contributed by atoms with Crippen LogP contribution in [0.4, 0.5) is 0 Å². The van der Waals surface area contributed by atoms with E-state index in [9.17, 15) is 5.11 Å². The Hall–Kier alpha value is -1.16. The van der Waals surface area contributed by atoms with Crippen LogP contribution in [-0.2, 0) is 4.74 Å². The smallest absolute Gasteiger partial charge is 0.166 e. The lowest BCUT2D eigenvalue weighted by Gasteiger charge is -2.33. The van der Waals surface area contributed by atoms with Gasteiger partial charge < -0.3 is 14.7 Å². The van der Waals surface area contributed by atoms with Crippen molar-refractivity contribution >= 4 is 0 Å². The standard InChI is InChI=1S/C48H87NO2/c1-5-7-9-11-13-15-17-19-21-23-25-27-29-31-33-35-39-47(41-42-48(50,44-47)51-46-38-37-45(43-46)49(3)4)40-36-34-32-30-28-26-24-22-20-18-16-14-12-10-8-6-2/h13-16,19-22,45-46,50H,5-12,17-18,23-44H2,1-4H3/b15-13-,16-14-,21-19-,22-20-. The molecule has 2 aliphatic rings. The van der Waals surface area contributed by atoms with Gasteiger partial charge in [-0.2, -0.15) is 0 Å². The Labute approximate surface area is 319 Å². The number of ether oxygens (including phenoxy) is 1. The molecule has 0 aromatic rings. The van der Waals surface area contributed by atoms with Crippen molar-refractivity contribution < 1.29 is 9.84 Å². The van der Waals surface area contributed by atoms with E-state index in [0.717, 1.165) is 44.9 Å². The minimum absolute atomic E-state index is 0.224. The minimum atomic E-state index is -0.900. The molecule has 2 aliphatic carbocycles. The third-order valence-electron chi connectivity index (χ3n) is 12.0. The van der Waals surface area contributed by atoms with Crippen molar-refractivity contribution in [2.24, 2.45) is 5.41 Å². The van der Waals surface area contributed by atoms with Crippen LogP contribution in [0.1, 0.15) is 219 Å². The zero-order valence-electron chi connectivity index (χ0n) is 34.7. The maximum atomic E-state index is 11.7. The van der Waals surface area contributed by atoms with Gasteiger partial charge in [0.15, 0.2) is 5.79 Å². The lowest BCUT2D eigenvalue weighted by molar-refractivity contribution is -0.228. The van der Waals surface area contributed by atoms with E-state index in [0.29, 0.717) is 6.04 Å². The van der Waals surface area contributed by atoms with Crippen LogP contribution in [0.5, 0.6) is 0 Å². The topological polar surface area (TPSA) is 32.7 Å². The van der Waals surface area contributed by atoms with Gasteiger partial charge in [-0.15, -0.1) is 0 Å². The van der Waals surface area contributed by atoms with Crippen molar-refractivity contribution in [1.82, 2.24) is 4.90 Å². The van der Waals surface area contributed by atoms with Gasteiger partial charge >= 0.3 is 0 Å². The van der Waals surface area contributed by atoms with Gasteiger partial charge in [0.25, 0.3) is 0 Å². The number of allylic oxidation sites excluding steroid dienone is 8. The van der Waals surface area contributed by atoms with Crippen molar-refractivity contribution in [2.45, 2.75) is 237 Å². The molecule has 3 nitrogen and oxygen atoms in total. The van der Waals surface area contributed by atoms with Gasteiger partial charge in [0.2, 0.25) is 0 Å². The molecule has 2 rings (SSSR count). The first-order valence-electron chi connectivity index (χ1n) is 22.6. The lowest BCUT2D eigenvalue weighted by Crippen LogP contribution is -2.36. The van der Waals surface area contributed by atoms with Crippen LogP contribution in [-0.4, -0.2) is 42.0 Å². The van der Waals surface area contributed by atoms with Gasteiger partial charge in [-0.1, -0.05) is 152 Å². The van der Waals surface area contributed by atoms with E-state index >= 15 is 0 Å². The quantitative estimate of drug-likeness (QED) is 0.0418. The van der Waals surface area contributed by atoms with Gasteiger partial charge in [0.05, 0.1) is 6.10 Å². The largest absolute Gasteiger partial charge is 0.365 e. The summed E-state index contributed by atoms with van der Waals surface area (Å²) in [6.07, 6.45) is 59.1. The summed E-state index contributed by atoms with van der Waals surface area (Å²) >= 11 is 0. The first-order valence-corrected chi connectivity index (χ1v) is 22.6. The van der Waals surface area contributed by atoms with Crippen LogP contribution < -0.4 is 0 Å². The molecule has 3 atom stereocenters. The van der Waals surface area contributed by atoms with E-state index in [1.54, 1.807) is 0 Å². The first kappa shape index (κ1) is 46.0. The van der Waals surface area contributed by atoms with Gasteiger partial charge in [0, 0.05) is 18.9 Å². The Morgan fingerprint density at radius 2 is 0.980 bits per heavy atom. The monoisotopic (exact) mass is 710 g/mol. The molecular weight excluding hydrogens is 623 g/mol. The van der Waals surface area contributed by atoms with Crippen LogP contribution in [0, 0.1) is 5.41 Å². The third kappa shape index (κ3) is 23.3. The molecule has 0 amide bonds. The Bertz CT molecular complexity index is 870. The molecule has 0 heterocycles. The minimum Gasteiger partial charge on any atom is -0.365 e. The Kier molecular flexibility index (Phi) is 27.2. The summed E-state index contributed by atoms with van der Waals surface area (Å²) in [6.45, 7) is 4.54. The summed E-state index contributed by atoms with van der Waals surface area (Å²) in [7, 11) is 4.37. The number of hydrogen-bond donors (Lipinski definition) is 1. The van der Waals surface area contributed by atoms with E-state index in [-0.39, 0.29) is 11.5 Å². The van der Waals surface area contributed by atoms with Crippen molar-refractivity contribution in [3.63, 3.8) is 0 Å². The lowest BCUT2D eigenvalue weighted by atomic mass is 9.76. The summed E-state index contributed by atoms with van der Waals surface area (Å²) in [5.74, 6) is -0.900. The van der Waals surface area contributed by atoms with E-state index in [1.165, 1.54) is 161 Å². The fraction of sp³-hybridized carbons (Fsp3) is 0.833. The summed E-state index contributed by atoms with van der Waals surface area (Å²) in [5.41, 5.74) is 0.277. The van der Waals surface area contributed by atoms with Crippen molar-refractivity contribution in [2.75, 3.05) is 14.1 Å². The van der Waals surface area contributed by atoms with Crippen LogP contribution in [0.2, 0.25) is 0 Å².